The maximum Gasteiger partial charge on any atom is 0.168 e. The Balaban J connectivity index is 1.94. The summed E-state index contributed by atoms with van der Waals surface area (Å²) in [5, 5.41) is 17.9. The van der Waals surface area contributed by atoms with E-state index in [0.717, 1.165) is 18.8 Å². The molecule has 2 heterocycles. The number of hydrogen-bond donors (Lipinski definition) is 1. The van der Waals surface area contributed by atoms with Gasteiger partial charge in [0.15, 0.2) is 5.82 Å². The number of tetrazole rings is 1. The second-order valence-electron chi connectivity index (χ2n) is 4.97. The van der Waals surface area contributed by atoms with Crippen molar-refractivity contribution in [1.82, 2.24) is 25.5 Å². The van der Waals surface area contributed by atoms with Gasteiger partial charge in [-0.15, -0.1) is 16.4 Å². The summed E-state index contributed by atoms with van der Waals surface area (Å²) >= 11 is 1.85. The third-order valence-electron chi connectivity index (χ3n) is 3.73. The van der Waals surface area contributed by atoms with Crippen LogP contribution in [0, 0.1) is 0 Å². The van der Waals surface area contributed by atoms with E-state index in [1.807, 2.05) is 16.0 Å². The van der Waals surface area contributed by atoms with Gasteiger partial charge in [0.05, 0.1) is 12.1 Å². The Morgan fingerprint density at radius 2 is 2.47 bits per heavy atom. The first-order valence-corrected chi connectivity index (χ1v) is 7.76. The van der Waals surface area contributed by atoms with E-state index in [1.54, 1.807) is 0 Å². The average molecular weight is 277 g/mol. The predicted octanol–water partition coefficient (Wildman–Crippen LogP) is 2.33. The summed E-state index contributed by atoms with van der Waals surface area (Å²) in [7, 11) is 0. The molecule has 0 radical (unpaired) electrons. The van der Waals surface area contributed by atoms with Crippen molar-refractivity contribution in [2.24, 2.45) is 0 Å². The van der Waals surface area contributed by atoms with Crippen molar-refractivity contribution in [1.29, 1.82) is 0 Å². The van der Waals surface area contributed by atoms with Crippen molar-refractivity contribution in [3.8, 4) is 0 Å². The zero-order chi connectivity index (χ0) is 13.2. The maximum atomic E-state index is 4.24. The minimum absolute atomic E-state index is 0.184. The van der Waals surface area contributed by atoms with E-state index >= 15 is 0 Å². The topological polar surface area (TPSA) is 55.6 Å². The first kappa shape index (κ1) is 12.7. The molecule has 2 aromatic heterocycles. The van der Waals surface area contributed by atoms with Gasteiger partial charge in [0.25, 0.3) is 0 Å². The highest BCUT2D eigenvalue weighted by molar-refractivity contribution is 7.10. The summed E-state index contributed by atoms with van der Waals surface area (Å²) < 4.78 is 2.01. The van der Waals surface area contributed by atoms with Crippen LogP contribution in [0.5, 0.6) is 0 Å². The van der Waals surface area contributed by atoms with Crippen molar-refractivity contribution in [2.45, 2.75) is 45.2 Å². The molecule has 0 aromatic carbocycles. The third-order valence-corrected chi connectivity index (χ3v) is 4.73. The van der Waals surface area contributed by atoms with Gasteiger partial charge in [-0.1, -0.05) is 6.92 Å². The lowest BCUT2D eigenvalue weighted by molar-refractivity contribution is 0.410. The van der Waals surface area contributed by atoms with Crippen molar-refractivity contribution >= 4 is 11.3 Å². The Bertz CT molecular complexity index is 547. The Kier molecular flexibility index (Phi) is 3.61. The van der Waals surface area contributed by atoms with Crippen LogP contribution in [-0.4, -0.2) is 26.8 Å². The quantitative estimate of drug-likeness (QED) is 0.932. The molecule has 1 N–H and O–H groups in total. The van der Waals surface area contributed by atoms with Crippen LogP contribution in [0.4, 0.5) is 0 Å². The number of hydrogen-bond acceptors (Lipinski definition) is 5. The molecule has 0 fully saturated rings. The Labute approximate surface area is 117 Å². The minimum Gasteiger partial charge on any atom is -0.308 e. The molecule has 102 valence electrons. The zero-order valence-corrected chi connectivity index (χ0v) is 12.2. The summed E-state index contributed by atoms with van der Waals surface area (Å²) in [4.78, 5) is 1.49. The van der Waals surface area contributed by atoms with Gasteiger partial charge in [0.2, 0.25) is 0 Å². The fraction of sp³-hybridized carbons (Fsp3) is 0.615. The number of aromatic nitrogens is 4. The van der Waals surface area contributed by atoms with E-state index in [-0.39, 0.29) is 6.04 Å². The van der Waals surface area contributed by atoms with Crippen LogP contribution < -0.4 is 5.32 Å². The molecule has 5 nitrogen and oxygen atoms in total. The van der Waals surface area contributed by atoms with E-state index in [1.165, 1.54) is 23.3 Å². The highest BCUT2D eigenvalue weighted by Crippen LogP contribution is 2.36. The van der Waals surface area contributed by atoms with Gasteiger partial charge in [0, 0.05) is 4.88 Å². The summed E-state index contributed by atoms with van der Waals surface area (Å²) in [5.74, 6) is 0.936. The van der Waals surface area contributed by atoms with Gasteiger partial charge in [-0.25, -0.2) is 4.68 Å². The third kappa shape index (κ3) is 2.30. The van der Waals surface area contributed by atoms with Crippen LogP contribution >= 0.6 is 11.3 Å². The first-order valence-electron chi connectivity index (χ1n) is 6.88. The molecule has 1 aliphatic carbocycles. The van der Waals surface area contributed by atoms with Crippen LogP contribution in [0.25, 0.3) is 0 Å². The van der Waals surface area contributed by atoms with E-state index in [4.69, 9.17) is 0 Å². The van der Waals surface area contributed by atoms with Gasteiger partial charge in [-0.3, -0.25) is 0 Å². The fourth-order valence-electron chi connectivity index (χ4n) is 2.82. The van der Waals surface area contributed by atoms with Crippen LogP contribution in [0.2, 0.25) is 0 Å². The Morgan fingerprint density at radius 3 is 3.32 bits per heavy atom. The monoisotopic (exact) mass is 277 g/mol. The number of rotatable bonds is 4. The number of thiophene rings is 1. The smallest absolute Gasteiger partial charge is 0.168 e. The molecule has 6 heteroatoms. The van der Waals surface area contributed by atoms with Crippen molar-refractivity contribution in [3.63, 3.8) is 0 Å². The number of nitrogens with one attached hydrogen (secondary N) is 1. The molecular weight excluding hydrogens is 258 g/mol. The zero-order valence-electron chi connectivity index (χ0n) is 11.3. The summed E-state index contributed by atoms with van der Waals surface area (Å²) in [6.07, 6.45) is 3.54. The first-order chi connectivity index (χ1) is 9.31. The number of nitrogens with zero attached hydrogens (tertiary/aromatic N) is 4. The minimum atomic E-state index is 0.184. The highest BCUT2D eigenvalue weighted by Gasteiger charge is 2.27. The van der Waals surface area contributed by atoms with Crippen LogP contribution in [-0.2, 0) is 6.42 Å². The lowest BCUT2D eigenvalue weighted by Gasteiger charge is -2.24. The van der Waals surface area contributed by atoms with Crippen LogP contribution in [0.1, 0.15) is 55.0 Å². The SMILES string of the molecule is CCNC(C)c1nnnn1C1CCCc2sccc21. The molecule has 0 bridgehead atoms. The van der Waals surface area contributed by atoms with E-state index in [2.05, 4.69) is 46.1 Å². The Hall–Kier alpha value is -1.27. The second-order valence-corrected chi connectivity index (χ2v) is 5.97. The largest absolute Gasteiger partial charge is 0.308 e. The van der Waals surface area contributed by atoms with Crippen molar-refractivity contribution in [2.75, 3.05) is 6.54 Å². The lowest BCUT2D eigenvalue weighted by atomic mass is 9.94. The van der Waals surface area contributed by atoms with Gasteiger partial charge in [-0.05, 0) is 60.2 Å². The second kappa shape index (κ2) is 5.38. The van der Waals surface area contributed by atoms with E-state index in [9.17, 15) is 0 Å². The van der Waals surface area contributed by atoms with E-state index in [0.29, 0.717) is 6.04 Å². The van der Waals surface area contributed by atoms with Crippen molar-refractivity contribution in [3.05, 3.63) is 27.7 Å². The molecule has 0 spiro atoms. The van der Waals surface area contributed by atoms with Crippen LogP contribution in [0.3, 0.4) is 0 Å². The van der Waals surface area contributed by atoms with Crippen LogP contribution in [0.15, 0.2) is 11.4 Å². The maximum absolute atomic E-state index is 4.24. The molecule has 0 saturated carbocycles. The molecule has 1 aliphatic rings. The summed E-state index contributed by atoms with van der Waals surface area (Å²) in [6.45, 7) is 5.13. The van der Waals surface area contributed by atoms with Gasteiger partial charge in [0.1, 0.15) is 0 Å². The molecule has 2 unspecified atom stereocenters. The molecule has 0 aliphatic heterocycles. The van der Waals surface area contributed by atoms with E-state index < -0.39 is 0 Å². The summed E-state index contributed by atoms with van der Waals surface area (Å²) in [6, 6.07) is 2.72. The highest BCUT2D eigenvalue weighted by atomic mass is 32.1. The molecule has 3 rings (SSSR count). The molecule has 0 saturated heterocycles. The number of aryl methyl sites for hydroxylation is 1. The lowest BCUT2D eigenvalue weighted by Crippen LogP contribution is -2.25. The average Bonchev–Trinajstić information content (AvgIpc) is 3.07. The van der Waals surface area contributed by atoms with Gasteiger partial charge in [-0.2, -0.15) is 0 Å². The van der Waals surface area contributed by atoms with Crippen molar-refractivity contribution < 1.29 is 0 Å². The van der Waals surface area contributed by atoms with Gasteiger partial charge < -0.3 is 5.32 Å². The molecule has 0 amide bonds. The number of fused-ring (bicyclic) bond motifs is 1. The predicted molar refractivity (Wildman–Crippen MR) is 75.3 cm³/mol. The van der Waals surface area contributed by atoms with Gasteiger partial charge >= 0.3 is 0 Å². The molecule has 2 aromatic rings. The summed E-state index contributed by atoms with van der Waals surface area (Å²) in [5.41, 5.74) is 1.41. The Morgan fingerprint density at radius 1 is 1.58 bits per heavy atom. The molecule has 2 atom stereocenters. The standard InChI is InChI=1S/C13H19N5S/c1-3-14-9(2)13-15-16-17-18(13)11-5-4-6-12-10(11)7-8-19-12/h7-9,11,14H,3-6H2,1-2H3. The molecule has 19 heavy (non-hydrogen) atoms. The fourth-order valence-corrected chi connectivity index (χ4v) is 3.80. The molecular formula is C13H19N5S. The normalized spacial score (nSPS) is 20.2.